The summed E-state index contributed by atoms with van der Waals surface area (Å²) in [6, 6.07) is 0. The van der Waals surface area contributed by atoms with Gasteiger partial charge in [0, 0.05) is 13.5 Å². The predicted octanol–water partition coefficient (Wildman–Crippen LogP) is 6.20. The lowest BCUT2D eigenvalue weighted by molar-refractivity contribution is -0.137. The second-order valence-electron chi connectivity index (χ2n) is 9.79. The van der Waals surface area contributed by atoms with Crippen LogP contribution in [-0.4, -0.2) is 35.5 Å². The number of hydrogen-bond acceptors (Lipinski definition) is 3. The van der Waals surface area contributed by atoms with Crippen LogP contribution in [0.25, 0.3) is 0 Å². The maximum atomic E-state index is 10.5. The number of aliphatic hydroxyl groups is 1. The van der Waals surface area contributed by atoms with Gasteiger partial charge >= 0.3 is 5.97 Å². The first-order chi connectivity index (χ1) is 12.5. The summed E-state index contributed by atoms with van der Waals surface area (Å²) in [7, 11) is 1.69. The Hall–Kier alpha value is -0.610. The molecule has 4 nitrogen and oxygen atoms in total. The van der Waals surface area contributed by atoms with E-state index < -0.39 is 12.1 Å². The summed E-state index contributed by atoms with van der Waals surface area (Å²) < 4.78 is 5.52. The summed E-state index contributed by atoms with van der Waals surface area (Å²) in [5.74, 6) is -0.709. The predicted molar refractivity (Wildman–Crippen MR) is 113 cm³/mol. The van der Waals surface area contributed by atoms with Crippen LogP contribution in [0.5, 0.6) is 0 Å². The molecule has 2 N–H and O–H groups in total. The molecule has 0 amide bonds. The molecule has 0 rings (SSSR count). The zero-order valence-electron chi connectivity index (χ0n) is 18.9. The van der Waals surface area contributed by atoms with Gasteiger partial charge in [-0.25, -0.2) is 0 Å². The minimum Gasteiger partial charge on any atom is -0.481 e. The van der Waals surface area contributed by atoms with Crippen LogP contribution in [0.15, 0.2) is 0 Å². The van der Waals surface area contributed by atoms with Crippen molar-refractivity contribution in [2.75, 3.05) is 7.11 Å². The van der Waals surface area contributed by atoms with Crippen molar-refractivity contribution in [3.63, 3.8) is 0 Å². The smallest absolute Gasteiger partial charge is 0.303 e. The van der Waals surface area contributed by atoms with Gasteiger partial charge in [0.05, 0.1) is 12.2 Å². The van der Waals surface area contributed by atoms with Crippen molar-refractivity contribution in [2.24, 2.45) is 10.8 Å². The lowest BCUT2D eigenvalue weighted by atomic mass is 9.71. The third-order valence-electron chi connectivity index (χ3n) is 5.88. The topological polar surface area (TPSA) is 66.8 Å². The van der Waals surface area contributed by atoms with Crippen molar-refractivity contribution >= 4 is 5.97 Å². The minimum atomic E-state index is -0.709. The largest absolute Gasteiger partial charge is 0.481 e. The summed E-state index contributed by atoms with van der Waals surface area (Å²) in [5, 5.41) is 19.1. The molecular weight excluding hydrogens is 340 g/mol. The highest BCUT2D eigenvalue weighted by Crippen LogP contribution is 2.39. The summed E-state index contributed by atoms with van der Waals surface area (Å²) in [5.41, 5.74) is 0.680. The number of unbranched alkanes of at least 4 members (excludes halogenated alkanes) is 4. The number of carboxylic acids is 1. The fourth-order valence-corrected chi connectivity index (χ4v) is 4.10. The standard InChI is InChI=1S/C23H46O4/c1-7-22(2,3)18-23(4,5)17-13-14-19(24)20(27-6)15-11-9-8-10-12-16-21(25)26/h19-20,24H,7-18H2,1-6H3,(H,25,26). The Morgan fingerprint density at radius 1 is 0.926 bits per heavy atom. The van der Waals surface area contributed by atoms with Crippen LogP contribution in [0, 0.1) is 10.8 Å². The highest BCUT2D eigenvalue weighted by atomic mass is 16.5. The van der Waals surface area contributed by atoms with Crippen LogP contribution in [0.2, 0.25) is 0 Å². The van der Waals surface area contributed by atoms with E-state index in [9.17, 15) is 9.90 Å². The van der Waals surface area contributed by atoms with Gasteiger partial charge in [0.2, 0.25) is 0 Å². The van der Waals surface area contributed by atoms with E-state index in [0.29, 0.717) is 10.8 Å². The molecule has 0 fully saturated rings. The Morgan fingerprint density at radius 2 is 1.52 bits per heavy atom. The molecule has 0 heterocycles. The molecule has 0 saturated carbocycles. The molecule has 0 radical (unpaired) electrons. The lowest BCUT2D eigenvalue weighted by Crippen LogP contribution is -2.29. The van der Waals surface area contributed by atoms with Crippen molar-refractivity contribution in [1.82, 2.24) is 0 Å². The molecule has 0 aromatic carbocycles. The quantitative estimate of drug-likeness (QED) is 0.292. The van der Waals surface area contributed by atoms with E-state index in [1.807, 2.05) is 0 Å². The number of methoxy groups -OCH3 is 1. The first-order valence-electron chi connectivity index (χ1n) is 11.0. The van der Waals surface area contributed by atoms with Crippen molar-refractivity contribution in [1.29, 1.82) is 0 Å². The SMILES string of the molecule is CCC(C)(C)CC(C)(C)CCCC(O)C(CCCCCCCC(=O)O)OC. The normalized spacial score (nSPS) is 14.9. The van der Waals surface area contributed by atoms with Gasteiger partial charge in [0.15, 0.2) is 0 Å². The van der Waals surface area contributed by atoms with Gasteiger partial charge in [0.25, 0.3) is 0 Å². The second-order valence-corrected chi connectivity index (χ2v) is 9.79. The summed E-state index contributed by atoms with van der Waals surface area (Å²) in [6.45, 7) is 11.6. The van der Waals surface area contributed by atoms with Gasteiger partial charge in [-0.05, 0) is 42.9 Å². The molecule has 0 aliphatic heterocycles. The van der Waals surface area contributed by atoms with Crippen molar-refractivity contribution in [3.05, 3.63) is 0 Å². The molecule has 0 spiro atoms. The maximum Gasteiger partial charge on any atom is 0.303 e. The number of carboxylic acid groups (broad SMARTS) is 1. The molecule has 0 aromatic heterocycles. The van der Waals surface area contributed by atoms with Gasteiger partial charge in [-0.1, -0.05) is 73.1 Å². The molecule has 0 bridgehead atoms. The Labute approximate surface area is 168 Å². The van der Waals surface area contributed by atoms with Gasteiger partial charge in [-0.15, -0.1) is 0 Å². The van der Waals surface area contributed by atoms with Crippen LogP contribution in [-0.2, 0) is 9.53 Å². The summed E-state index contributed by atoms with van der Waals surface area (Å²) >= 11 is 0. The molecule has 0 aliphatic carbocycles. The highest BCUT2D eigenvalue weighted by Gasteiger charge is 2.28. The average Bonchev–Trinajstić information content (AvgIpc) is 2.55. The lowest BCUT2D eigenvalue weighted by Gasteiger charge is -2.35. The number of ether oxygens (including phenoxy) is 1. The van der Waals surface area contributed by atoms with E-state index in [4.69, 9.17) is 9.84 Å². The Morgan fingerprint density at radius 3 is 2.07 bits per heavy atom. The Bertz CT molecular complexity index is 390. The van der Waals surface area contributed by atoms with E-state index in [1.165, 1.54) is 12.8 Å². The second kappa shape index (κ2) is 13.5. The number of aliphatic hydroxyl groups excluding tert-OH is 1. The monoisotopic (exact) mass is 386 g/mol. The molecule has 0 saturated heterocycles. The molecule has 0 aromatic rings. The van der Waals surface area contributed by atoms with Gasteiger partial charge < -0.3 is 14.9 Å². The molecule has 0 aliphatic rings. The van der Waals surface area contributed by atoms with Crippen LogP contribution in [0.3, 0.4) is 0 Å². The van der Waals surface area contributed by atoms with E-state index in [2.05, 4.69) is 34.6 Å². The Kier molecular flexibility index (Phi) is 13.2. The van der Waals surface area contributed by atoms with Crippen molar-refractivity contribution < 1.29 is 19.7 Å². The zero-order valence-corrected chi connectivity index (χ0v) is 18.9. The number of carbonyl (C=O) groups is 1. The Balaban J connectivity index is 4.01. The zero-order chi connectivity index (χ0) is 20.9. The van der Waals surface area contributed by atoms with Gasteiger partial charge in [0.1, 0.15) is 0 Å². The van der Waals surface area contributed by atoms with Crippen LogP contribution in [0.1, 0.15) is 112 Å². The van der Waals surface area contributed by atoms with E-state index in [-0.39, 0.29) is 12.5 Å². The third kappa shape index (κ3) is 14.1. The van der Waals surface area contributed by atoms with E-state index in [0.717, 1.165) is 57.8 Å². The fraction of sp³-hybridized carbons (Fsp3) is 0.957. The van der Waals surface area contributed by atoms with Crippen molar-refractivity contribution in [3.8, 4) is 0 Å². The number of rotatable bonds is 17. The van der Waals surface area contributed by atoms with E-state index >= 15 is 0 Å². The van der Waals surface area contributed by atoms with Crippen molar-refractivity contribution in [2.45, 2.75) is 124 Å². The summed E-state index contributed by atoms with van der Waals surface area (Å²) in [6.07, 6.45) is 10.9. The first kappa shape index (κ1) is 26.4. The van der Waals surface area contributed by atoms with Crippen LogP contribution in [0.4, 0.5) is 0 Å². The maximum absolute atomic E-state index is 10.5. The average molecular weight is 387 g/mol. The summed E-state index contributed by atoms with van der Waals surface area (Å²) in [4.78, 5) is 10.5. The van der Waals surface area contributed by atoms with Gasteiger partial charge in [-0.2, -0.15) is 0 Å². The van der Waals surface area contributed by atoms with E-state index in [1.54, 1.807) is 7.11 Å². The molecular formula is C23H46O4. The van der Waals surface area contributed by atoms with Gasteiger partial charge in [-0.3, -0.25) is 4.79 Å². The first-order valence-corrected chi connectivity index (χ1v) is 11.0. The fourth-order valence-electron chi connectivity index (χ4n) is 4.10. The van der Waals surface area contributed by atoms with Crippen LogP contribution < -0.4 is 0 Å². The highest BCUT2D eigenvalue weighted by molar-refractivity contribution is 5.66. The molecule has 2 atom stereocenters. The number of hydrogen-bond donors (Lipinski definition) is 2. The molecule has 162 valence electrons. The molecule has 4 heteroatoms. The minimum absolute atomic E-state index is 0.0841. The number of aliphatic carboxylic acids is 1. The molecule has 2 unspecified atom stereocenters. The molecule has 27 heavy (non-hydrogen) atoms. The van der Waals surface area contributed by atoms with Crippen LogP contribution >= 0.6 is 0 Å². The third-order valence-corrected chi connectivity index (χ3v) is 5.88.